The van der Waals surface area contributed by atoms with E-state index >= 15 is 0 Å². The zero-order valence-corrected chi connectivity index (χ0v) is 20.8. The van der Waals surface area contributed by atoms with Gasteiger partial charge in [-0.1, -0.05) is 42.5 Å². The quantitative estimate of drug-likeness (QED) is 0.372. The van der Waals surface area contributed by atoms with Crippen molar-refractivity contribution in [1.82, 2.24) is 25.3 Å². The van der Waals surface area contributed by atoms with Gasteiger partial charge in [0.2, 0.25) is 5.95 Å². The third-order valence-corrected chi connectivity index (χ3v) is 6.43. The van der Waals surface area contributed by atoms with Crippen molar-refractivity contribution in [2.24, 2.45) is 0 Å². The number of alkyl halides is 1. The van der Waals surface area contributed by atoms with Crippen LogP contribution >= 0.6 is 0 Å². The fourth-order valence-electron chi connectivity index (χ4n) is 4.20. The molecule has 1 aliphatic heterocycles. The van der Waals surface area contributed by atoms with Crippen molar-refractivity contribution in [3.05, 3.63) is 83.8 Å². The van der Waals surface area contributed by atoms with Crippen LogP contribution in [0.25, 0.3) is 16.6 Å². The Kier molecular flexibility index (Phi) is 6.76. The van der Waals surface area contributed by atoms with E-state index < -0.39 is 6.17 Å². The van der Waals surface area contributed by atoms with E-state index in [9.17, 15) is 9.18 Å². The van der Waals surface area contributed by atoms with Gasteiger partial charge < -0.3 is 15.5 Å². The van der Waals surface area contributed by atoms with Crippen LogP contribution in [0.3, 0.4) is 0 Å². The van der Waals surface area contributed by atoms with Gasteiger partial charge in [0, 0.05) is 24.3 Å². The molecule has 0 unspecified atom stereocenters. The number of hydrogen-bond donors (Lipinski definition) is 2. The second kappa shape index (κ2) is 10.3. The number of aromatic nitrogens is 4. The monoisotopic (exact) mass is 497 g/mol. The molecule has 1 saturated heterocycles. The van der Waals surface area contributed by atoms with Gasteiger partial charge >= 0.3 is 0 Å². The normalized spacial score (nSPS) is 15.1. The summed E-state index contributed by atoms with van der Waals surface area (Å²) in [5.41, 5.74) is 6.36. The maximum Gasteiger partial charge on any atom is 0.251 e. The number of hydrogen-bond acceptors (Lipinski definition) is 7. The minimum atomic E-state index is -0.879. The molecule has 1 amide bonds. The van der Waals surface area contributed by atoms with E-state index in [-0.39, 0.29) is 12.5 Å². The number of halogens is 1. The summed E-state index contributed by atoms with van der Waals surface area (Å²) in [4.78, 5) is 32.4. The summed E-state index contributed by atoms with van der Waals surface area (Å²) in [6.07, 6.45) is 2.64. The summed E-state index contributed by atoms with van der Waals surface area (Å²) in [5.74, 6) is 0.758. The number of carbonyl (C=O) groups is 1. The van der Waals surface area contributed by atoms with Gasteiger partial charge in [-0.05, 0) is 49.1 Å². The van der Waals surface area contributed by atoms with Crippen LogP contribution in [0.4, 0.5) is 21.8 Å². The van der Waals surface area contributed by atoms with Crippen LogP contribution < -0.4 is 15.5 Å². The minimum absolute atomic E-state index is 0.181. The maximum atomic E-state index is 13.7. The molecule has 0 saturated carbocycles. The Hall–Kier alpha value is -4.40. The Morgan fingerprint density at radius 3 is 2.65 bits per heavy atom. The lowest BCUT2D eigenvalue weighted by molar-refractivity contribution is 0.0951. The summed E-state index contributed by atoms with van der Waals surface area (Å²) in [5, 5.41) is 6.28. The van der Waals surface area contributed by atoms with Gasteiger partial charge in [0.1, 0.15) is 23.5 Å². The number of aryl methyl sites for hydroxylation is 1. The molecule has 2 N–H and O–H groups in total. The molecule has 0 radical (unpaired) electrons. The second-order valence-electron chi connectivity index (χ2n) is 9.27. The van der Waals surface area contributed by atoms with Crippen LogP contribution in [0.15, 0.2) is 61.6 Å². The van der Waals surface area contributed by atoms with Crippen molar-refractivity contribution in [3.8, 4) is 0 Å². The number of anilines is 3. The molecule has 37 heavy (non-hydrogen) atoms. The first kappa shape index (κ1) is 24.3. The van der Waals surface area contributed by atoms with Crippen molar-refractivity contribution < 1.29 is 9.18 Å². The van der Waals surface area contributed by atoms with Crippen LogP contribution in [-0.2, 0) is 6.54 Å². The number of allylic oxidation sites excluding steroid dienone is 1. The average molecular weight is 498 g/mol. The predicted molar refractivity (Wildman–Crippen MR) is 144 cm³/mol. The Labute approximate surface area is 214 Å². The maximum absolute atomic E-state index is 13.7. The Balaban J connectivity index is 1.34. The molecule has 0 aliphatic carbocycles. The molecule has 1 atom stereocenters. The largest absolute Gasteiger partial charge is 0.348 e. The minimum Gasteiger partial charge on any atom is -0.348 e. The zero-order chi connectivity index (χ0) is 25.9. The van der Waals surface area contributed by atoms with E-state index in [2.05, 4.69) is 37.1 Å². The van der Waals surface area contributed by atoms with Gasteiger partial charge in [0.15, 0.2) is 5.82 Å². The van der Waals surface area contributed by atoms with Crippen LogP contribution in [0, 0.1) is 6.92 Å². The molecule has 2 aromatic heterocycles. The molecule has 0 bridgehead atoms. The van der Waals surface area contributed by atoms with Gasteiger partial charge in [-0.15, -0.1) is 0 Å². The molecule has 188 valence electrons. The first-order valence-corrected chi connectivity index (χ1v) is 12.1. The fraction of sp³-hybridized carbons (Fsp3) is 0.250. The van der Waals surface area contributed by atoms with Crippen molar-refractivity contribution in [2.75, 3.05) is 23.3 Å². The van der Waals surface area contributed by atoms with Gasteiger partial charge in [-0.2, -0.15) is 0 Å². The first-order valence-electron chi connectivity index (χ1n) is 12.1. The molecule has 1 fully saturated rings. The van der Waals surface area contributed by atoms with E-state index in [4.69, 9.17) is 0 Å². The van der Waals surface area contributed by atoms with Gasteiger partial charge in [0.25, 0.3) is 5.91 Å². The number of nitrogens with one attached hydrogen (secondary N) is 2. The number of fused-ring (bicyclic) bond motifs is 1. The smallest absolute Gasteiger partial charge is 0.251 e. The Bertz CT molecular complexity index is 1470. The van der Waals surface area contributed by atoms with Gasteiger partial charge in [-0.3, -0.25) is 4.79 Å². The van der Waals surface area contributed by atoms with E-state index in [1.807, 2.05) is 49.1 Å². The number of amides is 1. The molecule has 0 spiro atoms. The van der Waals surface area contributed by atoms with Crippen LogP contribution in [-0.4, -0.2) is 45.1 Å². The third-order valence-electron chi connectivity index (χ3n) is 6.43. The Morgan fingerprint density at radius 1 is 1.14 bits per heavy atom. The lowest BCUT2D eigenvalue weighted by Gasteiger charge is -2.16. The van der Waals surface area contributed by atoms with Crippen LogP contribution in [0.1, 0.15) is 40.4 Å². The molecule has 5 rings (SSSR count). The molecule has 1 aliphatic rings. The first-order chi connectivity index (χ1) is 17.9. The summed E-state index contributed by atoms with van der Waals surface area (Å²) >= 11 is 0. The highest BCUT2D eigenvalue weighted by Crippen LogP contribution is 2.27. The molecule has 4 aromatic rings. The van der Waals surface area contributed by atoms with Crippen LogP contribution in [0.5, 0.6) is 0 Å². The Morgan fingerprint density at radius 2 is 1.92 bits per heavy atom. The number of benzene rings is 2. The van der Waals surface area contributed by atoms with Crippen molar-refractivity contribution in [2.45, 2.75) is 33.0 Å². The topological polar surface area (TPSA) is 95.9 Å². The van der Waals surface area contributed by atoms with E-state index in [0.29, 0.717) is 47.9 Å². The van der Waals surface area contributed by atoms with Gasteiger partial charge in [0.05, 0.1) is 12.7 Å². The van der Waals surface area contributed by atoms with E-state index in [1.54, 1.807) is 18.3 Å². The summed E-state index contributed by atoms with van der Waals surface area (Å²) in [6.45, 7) is 9.12. The van der Waals surface area contributed by atoms with Crippen molar-refractivity contribution >= 4 is 40.0 Å². The molecular weight excluding hydrogens is 469 g/mol. The van der Waals surface area contributed by atoms with Gasteiger partial charge in [-0.25, -0.2) is 24.3 Å². The summed E-state index contributed by atoms with van der Waals surface area (Å²) in [7, 11) is 0. The van der Waals surface area contributed by atoms with Crippen LogP contribution in [0.2, 0.25) is 0 Å². The van der Waals surface area contributed by atoms with Crippen molar-refractivity contribution in [1.29, 1.82) is 0 Å². The fourth-order valence-corrected chi connectivity index (χ4v) is 4.20. The SMILES string of the molecule is C=C(C)c1ccc(CNC(=O)c2ccc(C)c(Nc3ncnc4cnc(N5CC[C@@H](F)C5)nc34)c2)cc1. The lowest BCUT2D eigenvalue weighted by Crippen LogP contribution is -2.23. The average Bonchev–Trinajstić information content (AvgIpc) is 3.35. The third kappa shape index (κ3) is 5.40. The number of rotatable bonds is 7. The lowest BCUT2D eigenvalue weighted by atomic mass is 10.1. The molecule has 9 heteroatoms. The predicted octanol–water partition coefficient (Wildman–Crippen LogP) is 4.98. The van der Waals surface area contributed by atoms with E-state index in [1.165, 1.54) is 6.33 Å². The highest BCUT2D eigenvalue weighted by Gasteiger charge is 2.24. The zero-order valence-electron chi connectivity index (χ0n) is 20.8. The van der Waals surface area contributed by atoms with E-state index in [0.717, 1.165) is 28.0 Å². The number of carbonyl (C=O) groups excluding carboxylic acids is 1. The number of nitrogens with zero attached hydrogens (tertiary/aromatic N) is 5. The molecular formula is C28H28FN7O. The molecule has 8 nitrogen and oxygen atoms in total. The second-order valence-corrected chi connectivity index (χ2v) is 9.27. The standard InChI is InChI=1S/C28H28FN7O/c1-17(2)20-8-5-19(6-9-20)13-30-27(37)21-7-4-18(3)23(12-21)34-26-25-24(32-16-33-26)14-31-28(35-25)36-11-10-22(29)15-36/h4-9,12,14,16,22H,1,10-11,13,15H2,2-3H3,(H,30,37)(H,32,33,34)/t22-/m1/s1. The summed E-state index contributed by atoms with van der Waals surface area (Å²) < 4.78 is 13.7. The molecule has 3 heterocycles. The highest BCUT2D eigenvalue weighted by molar-refractivity contribution is 5.96. The molecule has 2 aromatic carbocycles. The highest BCUT2D eigenvalue weighted by atomic mass is 19.1. The van der Waals surface area contributed by atoms with Crippen molar-refractivity contribution in [3.63, 3.8) is 0 Å². The summed E-state index contributed by atoms with van der Waals surface area (Å²) in [6, 6.07) is 13.4.